The van der Waals surface area contributed by atoms with E-state index < -0.39 is 47.9 Å². The van der Waals surface area contributed by atoms with Gasteiger partial charge in [-0.2, -0.15) is 9.97 Å². The molecule has 186 valence electrons. The number of rotatable bonds is 2. The Hall–Kier alpha value is -1.96. The highest BCUT2D eigenvalue weighted by molar-refractivity contribution is 6.33. The van der Waals surface area contributed by atoms with Crippen molar-refractivity contribution in [3.8, 4) is 0 Å². The van der Waals surface area contributed by atoms with Crippen LogP contribution in [0, 0.1) is 0 Å². The fourth-order valence-electron chi connectivity index (χ4n) is 4.72. The Morgan fingerprint density at radius 2 is 1.85 bits per heavy atom. The summed E-state index contributed by atoms with van der Waals surface area (Å²) >= 11 is 6.27. The summed E-state index contributed by atoms with van der Waals surface area (Å²) < 4.78 is 48.7. The molecule has 2 aromatic rings. The number of alkyl halides is 1. The Balaban J connectivity index is 1.63. The molecule has 0 aromatic carbocycles. The van der Waals surface area contributed by atoms with Crippen LogP contribution in [-0.2, 0) is 28.5 Å². The highest BCUT2D eigenvalue weighted by Crippen LogP contribution is 2.49. The van der Waals surface area contributed by atoms with E-state index in [0.29, 0.717) is 0 Å². The predicted octanol–water partition coefficient (Wildman–Crippen LogP) is 2.74. The molecule has 3 aliphatic rings. The lowest BCUT2D eigenvalue weighted by molar-refractivity contribution is -0.333. The summed E-state index contributed by atoms with van der Waals surface area (Å²) in [6.07, 6.45) is -3.02. The third-order valence-corrected chi connectivity index (χ3v) is 6.36. The SMILES string of the molecule is CC(=O)Nc1nc(Cl)c2ncn(C3OC4COC(C)(C)O[C@H]4C4OC(C)(C)O[C@@H]4[C@@]3(C)F)c2n1. The van der Waals surface area contributed by atoms with E-state index in [4.69, 9.17) is 35.3 Å². The number of aromatic nitrogens is 4. The molecule has 0 radical (unpaired) electrons. The molecular weight excluding hydrogens is 473 g/mol. The smallest absolute Gasteiger partial charge is 0.232 e. The molecule has 0 aliphatic carbocycles. The molecule has 5 heterocycles. The van der Waals surface area contributed by atoms with Gasteiger partial charge in [0.15, 0.2) is 34.3 Å². The second kappa shape index (κ2) is 7.77. The minimum Gasteiger partial charge on any atom is -0.348 e. The molecule has 6 atom stereocenters. The number of hydrogen-bond acceptors (Lipinski definition) is 9. The Bertz CT molecular complexity index is 1140. The molecule has 3 fully saturated rings. The van der Waals surface area contributed by atoms with E-state index in [1.165, 1.54) is 24.7 Å². The molecule has 3 unspecified atom stereocenters. The van der Waals surface area contributed by atoms with E-state index in [0.717, 1.165) is 0 Å². The maximum absolute atomic E-state index is 16.8. The molecule has 0 spiro atoms. The van der Waals surface area contributed by atoms with Gasteiger partial charge in [-0.3, -0.25) is 14.7 Å². The Morgan fingerprint density at radius 3 is 2.56 bits per heavy atom. The van der Waals surface area contributed by atoms with E-state index in [1.807, 2.05) is 0 Å². The number of carbonyl (C=O) groups is 1. The van der Waals surface area contributed by atoms with E-state index in [2.05, 4.69) is 20.3 Å². The third-order valence-electron chi connectivity index (χ3n) is 6.10. The number of fused-ring (bicyclic) bond motifs is 4. The zero-order valence-corrected chi connectivity index (χ0v) is 20.4. The van der Waals surface area contributed by atoms with Gasteiger partial charge in [-0.05, 0) is 34.6 Å². The molecule has 13 heteroatoms. The average Bonchev–Trinajstić information content (AvgIpc) is 3.25. The van der Waals surface area contributed by atoms with Gasteiger partial charge in [-0.25, -0.2) is 9.37 Å². The first-order valence-corrected chi connectivity index (χ1v) is 11.3. The Labute approximate surface area is 200 Å². The molecule has 11 nitrogen and oxygen atoms in total. The van der Waals surface area contributed by atoms with Crippen LogP contribution in [-0.4, -0.2) is 73.7 Å². The second-order valence-corrected chi connectivity index (χ2v) is 10.2. The van der Waals surface area contributed by atoms with Crippen LogP contribution >= 0.6 is 11.6 Å². The average molecular weight is 500 g/mol. The van der Waals surface area contributed by atoms with Gasteiger partial charge >= 0.3 is 0 Å². The summed E-state index contributed by atoms with van der Waals surface area (Å²) in [5.41, 5.74) is -1.71. The molecule has 2 aromatic heterocycles. The highest BCUT2D eigenvalue weighted by Gasteiger charge is 2.63. The van der Waals surface area contributed by atoms with E-state index >= 15 is 4.39 Å². The first-order valence-electron chi connectivity index (χ1n) is 11.0. The number of carbonyl (C=O) groups excluding carboxylic acids is 1. The Kier molecular flexibility index (Phi) is 5.43. The van der Waals surface area contributed by atoms with Crippen molar-refractivity contribution in [3.05, 3.63) is 11.5 Å². The van der Waals surface area contributed by atoms with Gasteiger partial charge in [-0.1, -0.05) is 11.6 Å². The van der Waals surface area contributed by atoms with Crippen molar-refractivity contribution in [2.75, 3.05) is 11.9 Å². The summed E-state index contributed by atoms with van der Waals surface area (Å²) in [6.45, 7) is 9.86. The molecule has 3 saturated heterocycles. The topological polar surface area (TPSA) is 119 Å². The van der Waals surface area contributed by atoms with Crippen molar-refractivity contribution in [1.29, 1.82) is 0 Å². The summed E-state index contributed by atoms with van der Waals surface area (Å²) in [4.78, 5) is 24.2. The molecule has 0 bridgehead atoms. The van der Waals surface area contributed by atoms with Crippen LogP contribution in [0.25, 0.3) is 11.2 Å². The summed E-state index contributed by atoms with van der Waals surface area (Å²) in [7, 11) is 0. The van der Waals surface area contributed by atoms with Crippen molar-refractivity contribution in [1.82, 2.24) is 19.5 Å². The van der Waals surface area contributed by atoms with E-state index in [-0.39, 0.29) is 34.8 Å². The summed E-state index contributed by atoms with van der Waals surface area (Å²) in [5.74, 6) is -2.37. The first kappa shape index (κ1) is 23.8. The first-order chi connectivity index (χ1) is 15.8. The number of amides is 1. The van der Waals surface area contributed by atoms with Crippen LogP contribution in [0.1, 0.15) is 47.8 Å². The number of ether oxygens (including phenoxy) is 5. The number of halogens is 2. The van der Waals surface area contributed by atoms with Crippen molar-refractivity contribution >= 4 is 34.6 Å². The maximum Gasteiger partial charge on any atom is 0.232 e. The summed E-state index contributed by atoms with van der Waals surface area (Å²) in [5, 5.41) is 2.49. The fraction of sp³-hybridized carbons (Fsp3) is 0.714. The minimum absolute atomic E-state index is 0.00472. The lowest BCUT2D eigenvalue weighted by Gasteiger charge is -2.42. The van der Waals surface area contributed by atoms with Crippen molar-refractivity contribution in [3.63, 3.8) is 0 Å². The third kappa shape index (κ3) is 3.95. The van der Waals surface area contributed by atoms with E-state index in [9.17, 15) is 4.79 Å². The van der Waals surface area contributed by atoms with Gasteiger partial charge in [0, 0.05) is 6.92 Å². The number of nitrogens with zero attached hydrogens (tertiary/aromatic N) is 4. The van der Waals surface area contributed by atoms with Gasteiger partial charge in [0.2, 0.25) is 11.9 Å². The number of imidazole rings is 1. The second-order valence-electron chi connectivity index (χ2n) is 9.84. The van der Waals surface area contributed by atoms with Crippen LogP contribution in [0.2, 0.25) is 5.15 Å². The fourth-order valence-corrected chi connectivity index (χ4v) is 4.93. The van der Waals surface area contributed by atoms with Gasteiger partial charge in [-0.15, -0.1) is 0 Å². The van der Waals surface area contributed by atoms with Gasteiger partial charge in [0.1, 0.15) is 29.9 Å². The molecular formula is C21H27ClFN5O6. The van der Waals surface area contributed by atoms with E-state index in [1.54, 1.807) is 27.7 Å². The van der Waals surface area contributed by atoms with Crippen molar-refractivity contribution < 1.29 is 32.9 Å². The summed E-state index contributed by atoms with van der Waals surface area (Å²) in [6, 6.07) is 0. The van der Waals surface area contributed by atoms with Crippen LogP contribution < -0.4 is 5.32 Å². The van der Waals surface area contributed by atoms with Gasteiger partial charge in [0.05, 0.1) is 12.9 Å². The molecule has 1 N–H and O–H groups in total. The highest BCUT2D eigenvalue weighted by atomic mass is 35.5. The molecule has 1 amide bonds. The molecule has 34 heavy (non-hydrogen) atoms. The number of anilines is 1. The zero-order valence-electron chi connectivity index (χ0n) is 19.7. The van der Waals surface area contributed by atoms with Crippen LogP contribution in [0.3, 0.4) is 0 Å². The normalized spacial score (nSPS) is 36.5. The van der Waals surface area contributed by atoms with Crippen LogP contribution in [0.4, 0.5) is 10.3 Å². The van der Waals surface area contributed by atoms with Crippen molar-refractivity contribution in [2.24, 2.45) is 0 Å². The lowest BCUT2D eigenvalue weighted by atomic mass is 9.91. The van der Waals surface area contributed by atoms with Gasteiger partial charge < -0.3 is 23.7 Å². The van der Waals surface area contributed by atoms with Gasteiger partial charge in [0.25, 0.3) is 0 Å². The zero-order chi connectivity index (χ0) is 24.6. The Morgan fingerprint density at radius 1 is 1.15 bits per heavy atom. The lowest BCUT2D eigenvalue weighted by Crippen LogP contribution is -2.56. The van der Waals surface area contributed by atoms with Crippen molar-refractivity contribution in [2.45, 2.75) is 89.4 Å². The predicted molar refractivity (Wildman–Crippen MR) is 117 cm³/mol. The standard InChI is InChI=1S/C21H27ClFN5O6/c1-9(29)25-18-26-15(22)11-16(27-18)28(8-24-11)17-21(6,23)14-13(33-20(4,5)34-14)12-10(31-17)7-30-19(2,3)32-12/h8,10,12-14,17H,7H2,1-6H3,(H,25,26,27,29)/t10?,12-,13?,14+,17?,21-/m1/s1. The van der Waals surface area contributed by atoms with Crippen LogP contribution in [0.15, 0.2) is 6.33 Å². The minimum atomic E-state index is -2.12. The molecule has 3 aliphatic heterocycles. The molecule has 0 saturated carbocycles. The van der Waals surface area contributed by atoms with Crippen LogP contribution in [0.5, 0.6) is 0 Å². The largest absolute Gasteiger partial charge is 0.348 e. The number of nitrogens with one attached hydrogen (secondary N) is 1. The quantitative estimate of drug-likeness (QED) is 0.622. The maximum atomic E-state index is 16.8. The monoisotopic (exact) mass is 499 g/mol. The molecule has 5 rings (SSSR count). The number of hydrogen-bond donors (Lipinski definition) is 1.